The fourth-order valence-electron chi connectivity index (χ4n) is 2.83. The molecule has 0 aliphatic carbocycles. The zero-order chi connectivity index (χ0) is 15.8. The number of rotatable bonds is 3. The highest BCUT2D eigenvalue weighted by Crippen LogP contribution is 2.31. The van der Waals surface area contributed by atoms with Gasteiger partial charge in [0.05, 0.1) is 12.5 Å². The van der Waals surface area contributed by atoms with E-state index >= 15 is 0 Å². The van der Waals surface area contributed by atoms with Gasteiger partial charge in [-0.25, -0.2) is 4.98 Å². The van der Waals surface area contributed by atoms with Crippen LogP contribution < -0.4 is 14.4 Å². The van der Waals surface area contributed by atoms with Gasteiger partial charge >= 0.3 is 5.97 Å². The van der Waals surface area contributed by atoms with Gasteiger partial charge in [0, 0.05) is 36.5 Å². The van der Waals surface area contributed by atoms with Gasteiger partial charge in [0.1, 0.15) is 11.5 Å². The molecule has 1 unspecified atom stereocenters. The Morgan fingerprint density at radius 1 is 1.43 bits per heavy atom. The minimum atomic E-state index is -0.462. The van der Waals surface area contributed by atoms with Gasteiger partial charge in [0.15, 0.2) is 5.13 Å². The Labute approximate surface area is 136 Å². The summed E-state index contributed by atoms with van der Waals surface area (Å²) in [5.74, 6) is 0.409. The first-order chi connectivity index (χ1) is 11.2. The van der Waals surface area contributed by atoms with Crippen LogP contribution in [0.5, 0.6) is 11.5 Å². The first kappa shape index (κ1) is 14.2. The van der Waals surface area contributed by atoms with Crippen LogP contribution in [0.1, 0.15) is 12.0 Å². The fourth-order valence-corrected chi connectivity index (χ4v) is 3.49. The molecule has 1 aromatic heterocycles. The Bertz CT molecular complexity index is 759. The lowest BCUT2D eigenvalue weighted by molar-refractivity contribution is -0.139. The van der Waals surface area contributed by atoms with Gasteiger partial charge in [-0.1, -0.05) is 0 Å². The number of amides is 1. The molecular weight excluding hydrogens is 316 g/mol. The number of anilines is 1. The summed E-state index contributed by atoms with van der Waals surface area (Å²) >= 11 is 1.38. The van der Waals surface area contributed by atoms with Crippen LogP contribution >= 0.6 is 11.3 Å². The van der Waals surface area contributed by atoms with Crippen LogP contribution in [0, 0.1) is 5.92 Å². The molecule has 1 fully saturated rings. The summed E-state index contributed by atoms with van der Waals surface area (Å²) in [7, 11) is 0. The summed E-state index contributed by atoms with van der Waals surface area (Å²) in [4.78, 5) is 30.1. The van der Waals surface area contributed by atoms with Gasteiger partial charge in [-0.15, -0.1) is 11.3 Å². The molecule has 2 aliphatic heterocycles. The molecule has 0 N–H and O–H groups in total. The smallest absolute Gasteiger partial charge is 0.316 e. The Kier molecular flexibility index (Phi) is 3.49. The number of benzene rings is 1. The summed E-state index contributed by atoms with van der Waals surface area (Å²) in [5, 5.41) is 2.43. The van der Waals surface area contributed by atoms with E-state index in [1.165, 1.54) is 11.3 Å². The Hall–Kier alpha value is -2.41. The van der Waals surface area contributed by atoms with Gasteiger partial charge in [-0.3, -0.25) is 14.5 Å². The average Bonchev–Trinajstić information content (AvgIpc) is 3.26. The molecule has 0 bridgehead atoms. The zero-order valence-corrected chi connectivity index (χ0v) is 13.0. The highest BCUT2D eigenvalue weighted by atomic mass is 32.1. The summed E-state index contributed by atoms with van der Waals surface area (Å²) < 4.78 is 10.9. The average molecular weight is 330 g/mol. The third kappa shape index (κ3) is 2.68. The second-order valence-corrected chi connectivity index (χ2v) is 6.38. The molecule has 0 saturated carbocycles. The molecular formula is C16H14N2O4S. The van der Waals surface area contributed by atoms with E-state index in [4.69, 9.17) is 9.47 Å². The predicted octanol–water partition coefficient (Wildman–Crippen LogP) is 2.04. The third-order valence-electron chi connectivity index (χ3n) is 3.99. The lowest BCUT2D eigenvalue weighted by Gasteiger charge is -2.12. The maximum atomic E-state index is 12.3. The Morgan fingerprint density at radius 3 is 3.17 bits per heavy atom. The second-order valence-electron chi connectivity index (χ2n) is 5.51. The number of aromatic nitrogens is 1. The number of hydrogen-bond donors (Lipinski definition) is 0. The van der Waals surface area contributed by atoms with Gasteiger partial charge in [0.25, 0.3) is 0 Å². The summed E-state index contributed by atoms with van der Waals surface area (Å²) in [6, 6.07) is 5.36. The van der Waals surface area contributed by atoms with E-state index in [1.54, 1.807) is 22.5 Å². The van der Waals surface area contributed by atoms with Crippen molar-refractivity contribution in [2.45, 2.75) is 12.8 Å². The maximum absolute atomic E-state index is 12.3. The van der Waals surface area contributed by atoms with Gasteiger partial charge in [-0.2, -0.15) is 0 Å². The van der Waals surface area contributed by atoms with E-state index in [-0.39, 0.29) is 18.3 Å². The van der Waals surface area contributed by atoms with E-state index in [0.29, 0.717) is 24.0 Å². The van der Waals surface area contributed by atoms with Crippen molar-refractivity contribution in [3.8, 4) is 11.5 Å². The highest BCUT2D eigenvalue weighted by molar-refractivity contribution is 7.13. The van der Waals surface area contributed by atoms with Crippen molar-refractivity contribution in [1.82, 2.24) is 4.98 Å². The number of ether oxygens (including phenoxy) is 2. The normalized spacial score (nSPS) is 19.6. The molecule has 7 heteroatoms. The van der Waals surface area contributed by atoms with Crippen LogP contribution in [0.3, 0.4) is 0 Å². The van der Waals surface area contributed by atoms with Gasteiger partial charge in [0.2, 0.25) is 5.91 Å². The standard InChI is InChI=1S/C16H14N2O4S/c19-14-8-11(9-18(14)16-17-4-6-23-16)15(20)22-12-1-2-13-10(7-12)3-5-21-13/h1-2,4,6-7,11H,3,5,8-9H2. The second kappa shape index (κ2) is 5.66. The van der Waals surface area contributed by atoms with Gasteiger partial charge < -0.3 is 9.47 Å². The van der Waals surface area contributed by atoms with Crippen molar-refractivity contribution in [1.29, 1.82) is 0 Å². The van der Waals surface area contributed by atoms with Crippen molar-refractivity contribution < 1.29 is 19.1 Å². The van der Waals surface area contributed by atoms with Crippen LogP contribution in [0.2, 0.25) is 0 Å². The third-order valence-corrected chi connectivity index (χ3v) is 4.78. The maximum Gasteiger partial charge on any atom is 0.316 e. The zero-order valence-electron chi connectivity index (χ0n) is 12.2. The van der Waals surface area contributed by atoms with Crippen molar-refractivity contribution in [3.63, 3.8) is 0 Å². The minimum Gasteiger partial charge on any atom is -0.493 e. The van der Waals surface area contributed by atoms with Crippen LogP contribution in [0.4, 0.5) is 5.13 Å². The molecule has 1 aromatic carbocycles. The van der Waals surface area contributed by atoms with Gasteiger partial charge in [-0.05, 0) is 18.2 Å². The SMILES string of the molecule is O=C(Oc1ccc2c(c1)CCO2)C1CC(=O)N(c2nccs2)C1. The summed E-state index contributed by atoms with van der Waals surface area (Å²) in [5.41, 5.74) is 1.04. The largest absolute Gasteiger partial charge is 0.493 e. The number of esters is 1. The molecule has 23 heavy (non-hydrogen) atoms. The van der Waals surface area contributed by atoms with E-state index in [0.717, 1.165) is 17.7 Å². The first-order valence-electron chi connectivity index (χ1n) is 7.38. The number of hydrogen-bond acceptors (Lipinski definition) is 6. The molecule has 3 heterocycles. The topological polar surface area (TPSA) is 68.7 Å². The molecule has 118 valence electrons. The van der Waals surface area contributed by atoms with E-state index < -0.39 is 5.92 Å². The molecule has 4 rings (SSSR count). The minimum absolute atomic E-state index is 0.0933. The number of nitrogens with zero attached hydrogens (tertiary/aromatic N) is 2. The summed E-state index contributed by atoms with van der Waals surface area (Å²) in [6.07, 6.45) is 2.62. The molecule has 6 nitrogen and oxygen atoms in total. The van der Waals surface area contributed by atoms with Crippen molar-refractivity contribution in [2.24, 2.45) is 5.92 Å². The van der Waals surface area contributed by atoms with E-state index in [1.807, 2.05) is 12.1 Å². The number of thiazole rings is 1. The Morgan fingerprint density at radius 2 is 2.35 bits per heavy atom. The molecule has 1 atom stereocenters. The predicted molar refractivity (Wildman–Crippen MR) is 83.9 cm³/mol. The van der Waals surface area contributed by atoms with Crippen molar-refractivity contribution in [3.05, 3.63) is 35.3 Å². The lowest BCUT2D eigenvalue weighted by Crippen LogP contribution is -2.27. The summed E-state index contributed by atoms with van der Waals surface area (Å²) in [6.45, 7) is 0.978. The quantitative estimate of drug-likeness (QED) is 0.636. The van der Waals surface area contributed by atoms with E-state index in [2.05, 4.69) is 4.98 Å². The van der Waals surface area contributed by atoms with Crippen LogP contribution in [-0.2, 0) is 16.0 Å². The molecule has 0 spiro atoms. The molecule has 0 radical (unpaired) electrons. The van der Waals surface area contributed by atoms with E-state index in [9.17, 15) is 9.59 Å². The number of carbonyl (C=O) groups excluding carboxylic acids is 2. The fraction of sp³-hybridized carbons (Fsp3) is 0.312. The molecule has 1 saturated heterocycles. The number of fused-ring (bicyclic) bond motifs is 1. The molecule has 2 aromatic rings. The van der Waals surface area contributed by atoms with Crippen LogP contribution in [-0.4, -0.2) is 30.0 Å². The number of carbonyl (C=O) groups is 2. The highest BCUT2D eigenvalue weighted by Gasteiger charge is 2.37. The van der Waals surface area contributed by atoms with Crippen LogP contribution in [0.25, 0.3) is 0 Å². The molecule has 2 aliphatic rings. The van der Waals surface area contributed by atoms with Crippen LogP contribution in [0.15, 0.2) is 29.8 Å². The monoisotopic (exact) mass is 330 g/mol. The Balaban J connectivity index is 1.45. The first-order valence-corrected chi connectivity index (χ1v) is 8.26. The molecule has 1 amide bonds. The lowest BCUT2D eigenvalue weighted by atomic mass is 10.1. The van der Waals surface area contributed by atoms with Crippen molar-refractivity contribution >= 4 is 28.3 Å². The van der Waals surface area contributed by atoms with Crippen molar-refractivity contribution in [2.75, 3.05) is 18.1 Å².